The van der Waals surface area contributed by atoms with Crippen molar-refractivity contribution in [2.75, 3.05) is 23.9 Å². The van der Waals surface area contributed by atoms with E-state index in [1.165, 1.54) is 0 Å². The van der Waals surface area contributed by atoms with Crippen molar-refractivity contribution in [1.29, 1.82) is 0 Å². The summed E-state index contributed by atoms with van der Waals surface area (Å²) in [6.07, 6.45) is 1.79. The summed E-state index contributed by atoms with van der Waals surface area (Å²) in [6, 6.07) is 29.2. The molecule has 2 aromatic heterocycles. The quantitative estimate of drug-likeness (QED) is 0.271. The summed E-state index contributed by atoms with van der Waals surface area (Å²) in [7, 11) is 1.98. The summed E-state index contributed by atoms with van der Waals surface area (Å²) in [5.74, 6) is 2.60. The topological polar surface area (TPSA) is 82.9 Å². The second-order valence-corrected chi connectivity index (χ2v) is 10.00. The highest BCUT2D eigenvalue weighted by Crippen LogP contribution is 2.37. The van der Waals surface area contributed by atoms with Crippen molar-refractivity contribution in [1.82, 2.24) is 9.97 Å². The Morgan fingerprint density at radius 2 is 1.84 bits per heavy atom. The van der Waals surface area contributed by atoms with Crippen molar-refractivity contribution in [3.63, 3.8) is 0 Å². The number of pyridine rings is 2. The molecule has 5 aromatic rings. The number of anilines is 2. The van der Waals surface area contributed by atoms with Gasteiger partial charge in [-0.05, 0) is 60.7 Å². The molecule has 1 aliphatic heterocycles. The van der Waals surface area contributed by atoms with Gasteiger partial charge in [0, 0.05) is 34.5 Å². The van der Waals surface area contributed by atoms with Gasteiger partial charge in [0.05, 0.1) is 22.5 Å². The average molecular weight is 520 g/mol. The maximum Gasteiger partial charge on any atom is 0.140 e. The molecule has 0 unspecified atom stereocenters. The first kappa shape index (κ1) is 23.8. The van der Waals surface area contributed by atoms with Gasteiger partial charge in [-0.2, -0.15) is 0 Å². The van der Waals surface area contributed by atoms with Gasteiger partial charge in [-0.1, -0.05) is 36.0 Å². The third kappa shape index (κ3) is 5.12. The number of fused-ring (bicyclic) bond motifs is 2. The number of amidine groups is 1. The number of aliphatic imine (C=N–C) groups is 1. The summed E-state index contributed by atoms with van der Waals surface area (Å²) in [5, 5.41) is 14.3. The number of hydrogen-bond acceptors (Lipinski definition) is 8. The van der Waals surface area contributed by atoms with Crippen LogP contribution in [0.3, 0.4) is 0 Å². The molecule has 0 saturated heterocycles. The van der Waals surface area contributed by atoms with Crippen LogP contribution in [0.2, 0.25) is 0 Å². The highest BCUT2D eigenvalue weighted by Gasteiger charge is 2.20. The first-order valence-corrected chi connectivity index (χ1v) is 13.0. The van der Waals surface area contributed by atoms with Crippen molar-refractivity contribution in [2.24, 2.45) is 4.99 Å². The normalized spacial score (nSPS) is 12.7. The van der Waals surface area contributed by atoms with Gasteiger partial charge in [0.25, 0.3) is 0 Å². The van der Waals surface area contributed by atoms with Crippen LogP contribution in [-0.4, -0.2) is 34.6 Å². The largest absolute Gasteiger partial charge is 0.508 e. The van der Waals surface area contributed by atoms with Crippen LogP contribution in [0.1, 0.15) is 11.3 Å². The Morgan fingerprint density at radius 1 is 0.974 bits per heavy atom. The zero-order chi connectivity index (χ0) is 25.9. The zero-order valence-corrected chi connectivity index (χ0v) is 21.5. The van der Waals surface area contributed by atoms with Crippen LogP contribution < -0.4 is 15.0 Å². The van der Waals surface area contributed by atoms with E-state index in [0.717, 1.165) is 55.0 Å². The Kier molecular flexibility index (Phi) is 6.54. The number of para-hydroxylation sites is 1. The molecule has 0 fully saturated rings. The number of benzene rings is 3. The fourth-order valence-corrected chi connectivity index (χ4v) is 5.10. The number of hydrogen-bond donors (Lipinski definition) is 2. The van der Waals surface area contributed by atoms with Crippen molar-refractivity contribution in [2.45, 2.75) is 16.4 Å². The lowest BCUT2D eigenvalue weighted by molar-refractivity contribution is 0.302. The lowest BCUT2D eigenvalue weighted by Gasteiger charge is -2.26. The Morgan fingerprint density at radius 3 is 2.74 bits per heavy atom. The molecule has 1 aliphatic rings. The van der Waals surface area contributed by atoms with E-state index in [0.29, 0.717) is 13.3 Å². The van der Waals surface area contributed by atoms with E-state index in [9.17, 15) is 5.11 Å². The predicted octanol–water partition coefficient (Wildman–Crippen LogP) is 6.33. The molecule has 3 heterocycles. The Balaban J connectivity index is 1.29. The van der Waals surface area contributed by atoms with Crippen LogP contribution in [0.5, 0.6) is 11.5 Å². The number of ether oxygens (including phenoxy) is 1. The van der Waals surface area contributed by atoms with Crippen LogP contribution in [0.4, 0.5) is 11.5 Å². The molecule has 3 aromatic carbocycles. The van der Waals surface area contributed by atoms with Crippen LogP contribution in [0.25, 0.3) is 10.9 Å². The second kappa shape index (κ2) is 10.4. The lowest BCUT2D eigenvalue weighted by Crippen LogP contribution is -2.30. The first-order valence-electron chi connectivity index (χ1n) is 12.2. The van der Waals surface area contributed by atoms with Gasteiger partial charge >= 0.3 is 0 Å². The summed E-state index contributed by atoms with van der Waals surface area (Å²) in [5.41, 5.74) is 3.61. The van der Waals surface area contributed by atoms with Gasteiger partial charge in [0.15, 0.2) is 0 Å². The van der Waals surface area contributed by atoms with Crippen molar-refractivity contribution < 1.29 is 9.84 Å². The molecule has 0 spiro atoms. The van der Waals surface area contributed by atoms with Gasteiger partial charge in [-0.25, -0.2) is 15.0 Å². The van der Waals surface area contributed by atoms with E-state index in [4.69, 9.17) is 14.7 Å². The monoisotopic (exact) mass is 519 g/mol. The lowest BCUT2D eigenvalue weighted by atomic mass is 10.2. The molecular formula is C30H25N5O2S. The minimum atomic E-state index is 0.239. The van der Waals surface area contributed by atoms with Gasteiger partial charge in [0.1, 0.15) is 36.4 Å². The number of nitrogens with one attached hydrogen (secondary N) is 1. The second-order valence-electron chi connectivity index (χ2n) is 8.88. The van der Waals surface area contributed by atoms with Gasteiger partial charge in [0.2, 0.25) is 0 Å². The van der Waals surface area contributed by atoms with Gasteiger partial charge < -0.3 is 20.1 Å². The van der Waals surface area contributed by atoms with Crippen LogP contribution in [0, 0.1) is 0 Å². The molecule has 6 rings (SSSR count). The SMILES string of the molecule is CN1CN=C(Nc2cc(OCc3ccc4ccccc4n3)ccc2Sc2ccc(O)cc2)c2cccnc21. The third-order valence-electron chi connectivity index (χ3n) is 6.16. The number of phenols is 1. The standard InChI is InChI=1S/C30H25N5O2S/c1-35-19-32-29(25-6-4-16-31-30(25)35)34-27-17-23(12-15-28(27)38-24-13-10-22(36)11-14-24)37-18-21-9-8-20-5-2-3-7-26(20)33-21/h2-17,36H,18-19H2,1H3,(H,32,34). The van der Waals surface area contributed by atoms with E-state index in [-0.39, 0.29) is 5.75 Å². The molecule has 0 bridgehead atoms. The maximum absolute atomic E-state index is 9.69. The molecule has 0 atom stereocenters. The van der Waals surface area contributed by atoms with E-state index in [2.05, 4.69) is 22.4 Å². The Labute approximate surface area is 224 Å². The fourth-order valence-electron chi connectivity index (χ4n) is 4.22. The fraction of sp³-hybridized carbons (Fsp3) is 0.100. The highest BCUT2D eigenvalue weighted by molar-refractivity contribution is 7.99. The number of aromatic hydroxyl groups is 1. The molecule has 38 heavy (non-hydrogen) atoms. The molecule has 0 amide bonds. The van der Waals surface area contributed by atoms with E-state index < -0.39 is 0 Å². The average Bonchev–Trinajstić information content (AvgIpc) is 2.96. The maximum atomic E-state index is 9.69. The van der Waals surface area contributed by atoms with Crippen molar-refractivity contribution in [3.05, 3.63) is 108 Å². The van der Waals surface area contributed by atoms with Gasteiger partial charge in [-0.15, -0.1) is 0 Å². The Hall–Kier alpha value is -4.56. The predicted molar refractivity (Wildman–Crippen MR) is 152 cm³/mol. The summed E-state index contributed by atoms with van der Waals surface area (Å²) in [4.78, 5) is 18.0. The number of aromatic nitrogens is 2. The number of phenolic OH excluding ortho intramolecular Hbond substituents is 1. The summed E-state index contributed by atoms with van der Waals surface area (Å²) >= 11 is 1.60. The van der Waals surface area contributed by atoms with Crippen LogP contribution >= 0.6 is 11.8 Å². The molecule has 0 saturated carbocycles. The Bertz CT molecular complexity index is 1640. The smallest absolute Gasteiger partial charge is 0.140 e. The number of rotatable bonds is 6. The first-order chi connectivity index (χ1) is 18.6. The molecule has 2 N–H and O–H groups in total. The van der Waals surface area contributed by atoms with E-state index in [1.807, 2.05) is 78.7 Å². The molecule has 188 valence electrons. The molecule has 0 aliphatic carbocycles. The minimum Gasteiger partial charge on any atom is -0.508 e. The van der Waals surface area contributed by atoms with Crippen molar-refractivity contribution in [3.8, 4) is 11.5 Å². The summed E-state index contributed by atoms with van der Waals surface area (Å²) in [6.45, 7) is 0.865. The molecule has 0 radical (unpaired) electrons. The zero-order valence-electron chi connectivity index (χ0n) is 20.7. The van der Waals surface area contributed by atoms with Crippen molar-refractivity contribution >= 4 is 40.0 Å². The van der Waals surface area contributed by atoms with Crippen LogP contribution in [0.15, 0.2) is 112 Å². The third-order valence-corrected chi connectivity index (χ3v) is 7.24. The van der Waals surface area contributed by atoms with Crippen LogP contribution in [-0.2, 0) is 6.61 Å². The molecular weight excluding hydrogens is 494 g/mol. The molecule has 7 nitrogen and oxygen atoms in total. The van der Waals surface area contributed by atoms with E-state index >= 15 is 0 Å². The van der Waals surface area contributed by atoms with E-state index in [1.54, 1.807) is 30.1 Å². The number of nitrogens with zero attached hydrogens (tertiary/aromatic N) is 4. The molecule has 8 heteroatoms. The highest BCUT2D eigenvalue weighted by atomic mass is 32.2. The van der Waals surface area contributed by atoms with Gasteiger partial charge in [-0.3, -0.25) is 0 Å². The summed E-state index contributed by atoms with van der Waals surface area (Å²) < 4.78 is 6.17. The minimum absolute atomic E-state index is 0.239.